The van der Waals surface area contributed by atoms with E-state index in [9.17, 15) is 15.0 Å². The first-order chi connectivity index (χ1) is 9.65. The maximum atomic E-state index is 11.4. The van der Waals surface area contributed by atoms with Crippen molar-refractivity contribution >= 4 is 5.97 Å². The lowest BCUT2D eigenvalue weighted by Crippen LogP contribution is -2.27. The van der Waals surface area contributed by atoms with Crippen molar-refractivity contribution in [2.75, 3.05) is 0 Å². The van der Waals surface area contributed by atoms with Gasteiger partial charge in [-0.25, -0.2) is 4.79 Å². The van der Waals surface area contributed by atoms with E-state index in [1.54, 1.807) is 12.1 Å². The summed E-state index contributed by atoms with van der Waals surface area (Å²) >= 11 is 0. The number of hydrogen-bond acceptors (Lipinski definition) is 2. The molecule has 1 aliphatic rings. The molecular weight excluding hydrogens is 264 g/mol. The van der Waals surface area contributed by atoms with Gasteiger partial charge in [-0.05, 0) is 35.8 Å². The molecule has 0 amide bonds. The number of aromatic hydroxyl groups is 1. The molecule has 0 unspecified atom stereocenters. The minimum Gasteiger partial charge on any atom is -0.507 e. The second-order valence-electron chi connectivity index (χ2n) is 7.60. The van der Waals surface area contributed by atoms with Gasteiger partial charge in [-0.3, -0.25) is 0 Å². The Hall–Kier alpha value is -1.51. The zero-order valence-corrected chi connectivity index (χ0v) is 13.5. The molecule has 1 aromatic carbocycles. The average Bonchev–Trinajstić information content (AvgIpc) is 2.37. The van der Waals surface area contributed by atoms with E-state index < -0.39 is 5.97 Å². The smallest absolute Gasteiger partial charge is 0.335 e. The Kier molecular flexibility index (Phi) is 4.05. The molecule has 3 heteroatoms. The van der Waals surface area contributed by atoms with Crippen LogP contribution in [0.15, 0.2) is 12.1 Å². The fourth-order valence-electron chi connectivity index (χ4n) is 3.39. The first-order valence-corrected chi connectivity index (χ1v) is 7.76. The monoisotopic (exact) mass is 290 g/mol. The second kappa shape index (κ2) is 5.36. The lowest BCUT2D eigenvalue weighted by atomic mass is 9.69. The summed E-state index contributed by atoms with van der Waals surface area (Å²) in [5.74, 6) is -0.641. The van der Waals surface area contributed by atoms with Gasteiger partial charge in [0, 0.05) is 11.1 Å². The van der Waals surface area contributed by atoms with Crippen molar-refractivity contribution in [2.45, 2.75) is 70.6 Å². The van der Waals surface area contributed by atoms with Crippen molar-refractivity contribution in [2.24, 2.45) is 0 Å². The molecule has 2 N–H and O–H groups in total. The summed E-state index contributed by atoms with van der Waals surface area (Å²) in [6.45, 7) is 8.15. The van der Waals surface area contributed by atoms with E-state index in [1.807, 2.05) is 20.8 Å². The molecule has 0 heterocycles. The maximum absolute atomic E-state index is 11.4. The van der Waals surface area contributed by atoms with Gasteiger partial charge >= 0.3 is 5.97 Å². The van der Waals surface area contributed by atoms with Gasteiger partial charge in [0.15, 0.2) is 0 Å². The third-order valence-corrected chi connectivity index (χ3v) is 4.77. The number of phenolic OH excluding ortho intramolecular Hbond substituents is 1. The zero-order chi connectivity index (χ0) is 15.8. The molecule has 3 nitrogen and oxygen atoms in total. The van der Waals surface area contributed by atoms with Crippen LogP contribution in [0.5, 0.6) is 5.75 Å². The van der Waals surface area contributed by atoms with Gasteiger partial charge in [-0.2, -0.15) is 0 Å². The van der Waals surface area contributed by atoms with Crippen LogP contribution in [0.1, 0.15) is 81.3 Å². The lowest BCUT2D eigenvalue weighted by Gasteiger charge is -2.36. The molecule has 21 heavy (non-hydrogen) atoms. The Morgan fingerprint density at radius 1 is 1.14 bits per heavy atom. The predicted octanol–water partition coefficient (Wildman–Crippen LogP) is 4.61. The number of carbonyl (C=O) groups is 1. The van der Waals surface area contributed by atoms with Crippen molar-refractivity contribution in [1.29, 1.82) is 0 Å². The Bertz CT molecular complexity index is 546. The summed E-state index contributed by atoms with van der Waals surface area (Å²) in [5, 5.41) is 20.1. The Morgan fingerprint density at radius 3 is 2.19 bits per heavy atom. The number of phenols is 1. The van der Waals surface area contributed by atoms with E-state index in [0.29, 0.717) is 0 Å². The van der Waals surface area contributed by atoms with Gasteiger partial charge in [0.05, 0.1) is 5.56 Å². The lowest BCUT2D eigenvalue weighted by molar-refractivity contribution is 0.0696. The van der Waals surface area contributed by atoms with Crippen molar-refractivity contribution in [3.05, 3.63) is 28.8 Å². The zero-order valence-electron chi connectivity index (χ0n) is 13.5. The highest BCUT2D eigenvalue weighted by Crippen LogP contribution is 2.46. The Labute approximate surface area is 127 Å². The highest BCUT2D eigenvalue weighted by Gasteiger charge is 2.34. The first kappa shape index (κ1) is 15.9. The van der Waals surface area contributed by atoms with Crippen molar-refractivity contribution in [3.63, 3.8) is 0 Å². The van der Waals surface area contributed by atoms with Crippen molar-refractivity contribution in [1.82, 2.24) is 0 Å². The summed E-state index contributed by atoms with van der Waals surface area (Å²) in [5.41, 5.74) is 1.42. The highest BCUT2D eigenvalue weighted by molar-refractivity contribution is 5.88. The molecule has 116 valence electrons. The molecule has 1 saturated carbocycles. The van der Waals surface area contributed by atoms with Crippen LogP contribution < -0.4 is 0 Å². The van der Waals surface area contributed by atoms with E-state index in [2.05, 4.69) is 6.92 Å². The molecular formula is C18H26O3. The molecule has 0 aromatic heterocycles. The summed E-state index contributed by atoms with van der Waals surface area (Å²) in [7, 11) is 0. The third-order valence-electron chi connectivity index (χ3n) is 4.77. The minimum atomic E-state index is -0.929. The number of benzene rings is 1. The highest BCUT2D eigenvalue weighted by atomic mass is 16.4. The topological polar surface area (TPSA) is 57.5 Å². The number of aromatic carboxylic acids is 1. The molecule has 1 aromatic rings. The van der Waals surface area contributed by atoms with Crippen LogP contribution in [0, 0.1) is 0 Å². The van der Waals surface area contributed by atoms with Gasteiger partial charge in [-0.1, -0.05) is 47.0 Å². The molecule has 1 fully saturated rings. The van der Waals surface area contributed by atoms with Crippen LogP contribution >= 0.6 is 0 Å². The molecule has 1 aliphatic carbocycles. The molecule has 0 radical (unpaired) electrons. The summed E-state index contributed by atoms with van der Waals surface area (Å²) in [6.07, 6.45) is 5.51. The SMILES string of the molecule is CC(C)(C)c1cc(C(=O)O)cc(C2(C)CCCCC2)c1O. The van der Waals surface area contributed by atoms with Gasteiger partial charge in [0.25, 0.3) is 0 Å². The molecule has 0 aliphatic heterocycles. The molecule has 0 bridgehead atoms. The normalized spacial score (nSPS) is 18.5. The van der Waals surface area contributed by atoms with Gasteiger partial charge < -0.3 is 10.2 Å². The van der Waals surface area contributed by atoms with E-state index in [0.717, 1.165) is 36.8 Å². The quantitative estimate of drug-likeness (QED) is 0.836. The molecule has 0 spiro atoms. The fraction of sp³-hybridized carbons (Fsp3) is 0.611. The van der Waals surface area contributed by atoms with Crippen LogP contribution in [0.3, 0.4) is 0 Å². The van der Waals surface area contributed by atoms with Gasteiger partial charge in [0.1, 0.15) is 5.75 Å². The van der Waals surface area contributed by atoms with Gasteiger partial charge in [-0.15, -0.1) is 0 Å². The minimum absolute atomic E-state index is 0.117. The fourth-order valence-corrected chi connectivity index (χ4v) is 3.39. The third kappa shape index (κ3) is 3.07. The van der Waals surface area contributed by atoms with Gasteiger partial charge in [0.2, 0.25) is 0 Å². The molecule has 0 atom stereocenters. The maximum Gasteiger partial charge on any atom is 0.335 e. The Morgan fingerprint density at radius 2 is 1.71 bits per heavy atom. The average molecular weight is 290 g/mol. The van der Waals surface area contributed by atoms with E-state index in [4.69, 9.17) is 0 Å². The predicted molar refractivity (Wildman–Crippen MR) is 84.2 cm³/mol. The molecule has 2 rings (SSSR count). The van der Waals surface area contributed by atoms with Crippen molar-refractivity contribution < 1.29 is 15.0 Å². The van der Waals surface area contributed by atoms with Crippen molar-refractivity contribution in [3.8, 4) is 5.75 Å². The summed E-state index contributed by atoms with van der Waals surface area (Å²) < 4.78 is 0. The number of carboxylic acids is 1. The molecule has 0 saturated heterocycles. The summed E-state index contributed by atoms with van der Waals surface area (Å²) in [4.78, 5) is 11.4. The van der Waals surface area contributed by atoms with E-state index in [-0.39, 0.29) is 22.1 Å². The first-order valence-electron chi connectivity index (χ1n) is 7.76. The second-order valence-corrected chi connectivity index (χ2v) is 7.60. The van der Waals surface area contributed by atoms with Crippen LogP contribution in [0.4, 0.5) is 0 Å². The van der Waals surface area contributed by atoms with Crippen LogP contribution in [-0.2, 0) is 10.8 Å². The number of carboxylic acid groups (broad SMARTS) is 1. The number of rotatable bonds is 2. The Balaban J connectivity index is 2.64. The number of hydrogen-bond donors (Lipinski definition) is 2. The van der Waals surface area contributed by atoms with Crippen LogP contribution in [0.2, 0.25) is 0 Å². The van der Waals surface area contributed by atoms with Crippen LogP contribution in [0.25, 0.3) is 0 Å². The van der Waals surface area contributed by atoms with Crippen LogP contribution in [-0.4, -0.2) is 16.2 Å². The van der Waals surface area contributed by atoms with E-state index in [1.165, 1.54) is 6.42 Å². The largest absolute Gasteiger partial charge is 0.507 e. The summed E-state index contributed by atoms with van der Waals surface area (Å²) in [6, 6.07) is 3.30. The van der Waals surface area contributed by atoms with E-state index >= 15 is 0 Å². The standard InChI is InChI=1S/C18H26O3/c1-17(2,3)13-10-12(16(20)21)11-14(15(13)19)18(4)8-6-5-7-9-18/h10-11,19H,5-9H2,1-4H3,(H,20,21).